The first-order valence-electron chi connectivity index (χ1n) is 15.1. The summed E-state index contributed by atoms with van der Waals surface area (Å²) in [5.41, 5.74) is 9.09. The van der Waals surface area contributed by atoms with Crippen LogP contribution in [-0.4, -0.2) is 7.05 Å². The number of aromatic nitrogens is 2. The van der Waals surface area contributed by atoms with Gasteiger partial charge in [-0.3, -0.25) is 0 Å². The Morgan fingerprint density at radius 1 is 1.07 bits per heavy atom. The average molecular weight is 578 g/mol. The molecule has 5 atom stereocenters. The van der Waals surface area contributed by atoms with Gasteiger partial charge >= 0.3 is 0 Å². The molecular weight excluding hydrogens is 534 g/mol. The van der Waals surface area contributed by atoms with Crippen molar-refractivity contribution in [1.82, 2.24) is 5.32 Å². The Labute approximate surface area is 254 Å². The lowest BCUT2D eigenvalue weighted by molar-refractivity contribution is -0.752. The van der Waals surface area contributed by atoms with Crippen LogP contribution in [0, 0.1) is 31.6 Å². The molecule has 4 nitrogen and oxygen atoms in total. The standard InChI is InChI=1S/C37H43N3OS/c1-10-29-35(28-14-12-11-13-27(28)30-16-15-22(4)19-40(29)30)37-33(24(6)21(2)3)34(25(7)41-26(8)38-9)36-32-23(5)20-42-31(32)17-18-39(36)37/h10-21,24,29,33,35,37-38H,1,8H2,2-7,9H3/q+2/b34-25-/t24-,29?,33-,35?,37?/m0/s1. The van der Waals surface area contributed by atoms with Crippen molar-refractivity contribution in [2.24, 2.45) is 17.8 Å². The van der Waals surface area contributed by atoms with Crippen LogP contribution in [0.1, 0.15) is 68.1 Å². The van der Waals surface area contributed by atoms with Gasteiger partial charge in [-0.2, -0.15) is 9.13 Å². The van der Waals surface area contributed by atoms with Gasteiger partial charge in [-0.25, -0.2) is 0 Å². The zero-order chi connectivity index (χ0) is 29.9. The van der Waals surface area contributed by atoms with Crippen molar-refractivity contribution in [2.75, 3.05) is 7.05 Å². The van der Waals surface area contributed by atoms with E-state index in [1.54, 1.807) is 0 Å². The highest BCUT2D eigenvalue weighted by Gasteiger charge is 2.58. The molecule has 0 saturated heterocycles. The molecule has 0 amide bonds. The van der Waals surface area contributed by atoms with Gasteiger partial charge in [0.05, 0.1) is 22.4 Å². The zero-order valence-corrected chi connectivity index (χ0v) is 26.8. The lowest BCUT2D eigenvalue weighted by atomic mass is 9.68. The first-order valence-corrected chi connectivity index (χ1v) is 16.0. The normalized spacial score (nSPS) is 22.8. The predicted octanol–water partition coefficient (Wildman–Crippen LogP) is 8.19. The fourth-order valence-corrected chi connectivity index (χ4v) is 8.41. The molecule has 5 heterocycles. The number of allylic oxidation sites excluding steroid dienone is 3. The number of rotatable bonds is 7. The van der Waals surface area contributed by atoms with Crippen molar-refractivity contribution in [3.8, 4) is 11.3 Å². The number of nitrogens with zero attached hydrogens (tertiary/aromatic N) is 2. The van der Waals surface area contributed by atoms with Crippen LogP contribution in [0.25, 0.3) is 26.9 Å². The van der Waals surface area contributed by atoms with Crippen LogP contribution in [-0.2, 0) is 4.74 Å². The second-order valence-corrected chi connectivity index (χ2v) is 13.3. The molecule has 1 N–H and O–H groups in total. The Morgan fingerprint density at radius 2 is 1.83 bits per heavy atom. The third kappa shape index (κ3) is 4.32. The van der Waals surface area contributed by atoms with Gasteiger partial charge in [0.15, 0.2) is 30.4 Å². The summed E-state index contributed by atoms with van der Waals surface area (Å²) in [7, 11) is 1.86. The molecule has 2 aliphatic rings. The molecular formula is C37H43N3OS+2. The molecule has 216 valence electrons. The topological polar surface area (TPSA) is 29.0 Å². The van der Waals surface area contributed by atoms with E-state index >= 15 is 0 Å². The summed E-state index contributed by atoms with van der Waals surface area (Å²) < 4.78 is 12.8. The first-order chi connectivity index (χ1) is 20.2. The Kier molecular flexibility index (Phi) is 7.34. The van der Waals surface area contributed by atoms with Crippen LogP contribution < -0.4 is 14.5 Å². The second-order valence-electron chi connectivity index (χ2n) is 12.4. The highest BCUT2D eigenvalue weighted by Crippen LogP contribution is 2.55. The summed E-state index contributed by atoms with van der Waals surface area (Å²) in [6, 6.07) is 16.1. The smallest absolute Gasteiger partial charge is 0.221 e. The van der Waals surface area contributed by atoms with Crippen molar-refractivity contribution in [1.29, 1.82) is 0 Å². The van der Waals surface area contributed by atoms with E-state index in [0.29, 0.717) is 17.7 Å². The Balaban J connectivity index is 1.70. The molecule has 0 saturated carbocycles. The van der Waals surface area contributed by atoms with Crippen LogP contribution >= 0.6 is 11.3 Å². The molecule has 0 spiro atoms. The minimum Gasteiger partial charge on any atom is -0.446 e. The number of pyridine rings is 2. The molecule has 0 radical (unpaired) electrons. The van der Waals surface area contributed by atoms with Crippen LogP contribution in [0.15, 0.2) is 91.1 Å². The van der Waals surface area contributed by atoms with E-state index in [2.05, 4.69) is 135 Å². The van der Waals surface area contributed by atoms with Gasteiger partial charge in [-0.15, -0.1) is 11.3 Å². The SMILES string of the molecule is C=CC1C(C2[C@@H]([C@@H](C)C(C)C)/C(=C(\C)OC(=C)NC)c3c4c(C)csc4cc[n+]32)c2ccccc2-c2ccc(C)c[n+]21. The highest BCUT2D eigenvalue weighted by molar-refractivity contribution is 7.17. The molecule has 3 aromatic heterocycles. The molecule has 0 bridgehead atoms. The number of nitrogens with one attached hydrogen (secondary N) is 1. The minimum atomic E-state index is 0.0918. The number of hydrogen-bond acceptors (Lipinski definition) is 3. The summed E-state index contributed by atoms with van der Waals surface area (Å²) >= 11 is 1.82. The summed E-state index contributed by atoms with van der Waals surface area (Å²) in [5.74, 6) is 2.73. The van der Waals surface area contributed by atoms with Gasteiger partial charge in [-0.05, 0) is 73.9 Å². The number of fused-ring (bicyclic) bond motifs is 6. The van der Waals surface area contributed by atoms with Gasteiger partial charge < -0.3 is 10.1 Å². The lowest BCUT2D eigenvalue weighted by Crippen LogP contribution is -2.54. The van der Waals surface area contributed by atoms with Crippen molar-refractivity contribution in [3.05, 3.63) is 113 Å². The maximum Gasteiger partial charge on any atom is 0.221 e. The summed E-state index contributed by atoms with van der Waals surface area (Å²) in [6.45, 7) is 22.2. The van der Waals surface area contributed by atoms with E-state index in [9.17, 15) is 0 Å². The van der Waals surface area contributed by atoms with Crippen molar-refractivity contribution in [3.63, 3.8) is 0 Å². The molecule has 42 heavy (non-hydrogen) atoms. The largest absolute Gasteiger partial charge is 0.446 e. The van der Waals surface area contributed by atoms with Gasteiger partial charge in [0.1, 0.15) is 11.7 Å². The van der Waals surface area contributed by atoms with Crippen LogP contribution in [0.3, 0.4) is 0 Å². The van der Waals surface area contributed by atoms with E-state index in [-0.39, 0.29) is 23.9 Å². The van der Waals surface area contributed by atoms with Gasteiger partial charge in [0, 0.05) is 29.4 Å². The number of aryl methyl sites for hydroxylation is 2. The molecule has 0 aliphatic carbocycles. The minimum absolute atomic E-state index is 0.0918. The Morgan fingerprint density at radius 3 is 2.55 bits per heavy atom. The first kappa shape index (κ1) is 28.4. The van der Waals surface area contributed by atoms with Gasteiger partial charge in [0.2, 0.25) is 11.4 Å². The molecule has 6 rings (SSSR count). The molecule has 2 aliphatic heterocycles. The van der Waals surface area contributed by atoms with E-state index in [1.165, 1.54) is 49.3 Å². The van der Waals surface area contributed by atoms with E-state index in [0.717, 1.165) is 5.76 Å². The summed E-state index contributed by atoms with van der Waals surface area (Å²) in [6.07, 6.45) is 6.81. The second kappa shape index (κ2) is 10.9. The quantitative estimate of drug-likeness (QED) is 0.136. The number of benzene rings is 1. The van der Waals surface area contributed by atoms with Crippen LogP contribution in [0.2, 0.25) is 0 Å². The monoisotopic (exact) mass is 577 g/mol. The van der Waals surface area contributed by atoms with Crippen molar-refractivity contribution >= 4 is 27.0 Å². The van der Waals surface area contributed by atoms with Gasteiger partial charge in [0.25, 0.3) is 0 Å². The van der Waals surface area contributed by atoms with Gasteiger partial charge in [-0.1, -0.05) is 45.5 Å². The summed E-state index contributed by atoms with van der Waals surface area (Å²) in [5, 5.41) is 6.73. The van der Waals surface area contributed by atoms with E-state index in [4.69, 9.17) is 4.74 Å². The number of ether oxygens (including phenoxy) is 1. The third-order valence-electron chi connectivity index (χ3n) is 9.73. The Bertz CT molecular complexity index is 1750. The van der Waals surface area contributed by atoms with Crippen LogP contribution in [0.5, 0.6) is 0 Å². The maximum atomic E-state index is 6.43. The number of thiophene rings is 1. The molecule has 4 aromatic rings. The van der Waals surface area contributed by atoms with Crippen LogP contribution in [0.4, 0.5) is 0 Å². The third-order valence-corrected chi connectivity index (χ3v) is 10.8. The average Bonchev–Trinajstić information content (AvgIpc) is 3.53. The van der Waals surface area contributed by atoms with Crippen molar-refractivity contribution in [2.45, 2.75) is 59.5 Å². The fraction of sp³-hybridized carbons (Fsp3) is 0.351. The lowest BCUT2D eigenvalue weighted by Gasteiger charge is -2.35. The molecule has 5 heteroatoms. The maximum absolute atomic E-state index is 6.43. The van der Waals surface area contributed by atoms with E-state index in [1.807, 2.05) is 18.4 Å². The molecule has 3 unspecified atom stereocenters. The van der Waals surface area contributed by atoms with E-state index < -0.39 is 0 Å². The Hall–Kier alpha value is -3.70. The fourth-order valence-electron chi connectivity index (χ4n) is 7.47. The van der Waals surface area contributed by atoms with Crippen molar-refractivity contribution < 1.29 is 13.9 Å². The predicted molar refractivity (Wildman–Crippen MR) is 174 cm³/mol. The zero-order valence-electron chi connectivity index (χ0n) is 25.9. The molecule has 0 fully saturated rings. The molecule has 1 aromatic carbocycles. The number of hydrogen-bond donors (Lipinski definition) is 1. The highest BCUT2D eigenvalue weighted by atomic mass is 32.1. The summed E-state index contributed by atoms with van der Waals surface area (Å²) in [4.78, 5) is 0.